The Morgan fingerprint density at radius 2 is 1.84 bits per heavy atom. The number of hydrogen-bond acceptors (Lipinski definition) is 2. The van der Waals surface area contributed by atoms with E-state index in [0.717, 1.165) is 25.7 Å². The van der Waals surface area contributed by atoms with Gasteiger partial charge >= 0.3 is 0 Å². The van der Waals surface area contributed by atoms with Crippen molar-refractivity contribution >= 4 is 5.91 Å². The van der Waals surface area contributed by atoms with Crippen LogP contribution in [0, 0.1) is 17.3 Å². The molecule has 1 rings (SSSR count). The smallest absolute Gasteiger partial charge is 0.224 e. The number of hydrogen-bond donors (Lipinski definition) is 2. The summed E-state index contributed by atoms with van der Waals surface area (Å²) in [6.45, 7) is 13.0. The lowest BCUT2D eigenvalue weighted by molar-refractivity contribution is -0.134. The summed E-state index contributed by atoms with van der Waals surface area (Å²) >= 11 is 0. The van der Waals surface area contributed by atoms with Gasteiger partial charge in [-0.15, -0.1) is 0 Å². The van der Waals surface area contributed by atoms with Crippen molar-refractivity contribution in [2.24, 2.45) is 23.0 Å². The molecule has 3 N–H and O–H groups in total. The average molecular weight is 268 g/mol. The average Bonchev–Trinajstić information content (AvgIpc) is 2.35. The molecule has 1 aliphatic carbocycles. The quantitative estimate of drug-likeness (QED) is 0.823. The van der Waals surface area contributed by atoms with E-state index in [1.807, 2.05) is 0 Å². The van der Waals surface area contributed by atoms with E-state index in [1.165, 1.54) is 0 Å². The van der Waals surface area contributed by atoms with Gasteiger partial charge in [-0.25, -0.2) is 0 Å². The Labute approximate surface area is 118 Å². The molecule has 112 valence electrons. The standard InChI is InChI=1S/C16H32N2O/c1-7-16(6,8-2)18-14(19)12-9-10-13(17)11(3)15(12,4)5/h11-13H,7-10,17H2,1-6H3,(H,18,19). The Bertz CT molecular complexity index is 321. The van der Waals surface area contributed by atoms with Gasteiger partial charge < -0.3 is 11.1 Å². The Kier molecular flexibility index (Phi) is 5.05. The van der Waals surface area contributed by atoms with Gasteiger partial charge in [0, 0.05) is 17.5 Å². The predicted molar refractivity (Wildman–Crippen MR) is 80.8 cm³/mol. The molecular weight excluding hydrogens is 236 g/mol. The maximum absolute atomic E-state index is 12.6. The van der Waals surface area contributed by atoms with E-state index in [0.29, 0.717) is 5.92 Å². The first-order chi connectivity index (χ1) is 8.68. The lowest BCUT2D eigenvalue weighted by atomic mass is 9.60. The fourth-order valence-corrected chi connectivity index (χ4v) is 3.13. The third-order valence-electron chi connectivity index (χ3n) is 5.80. The SMILES string of the molecule is CCC(C)(CC)NC(=O)C1CCC(N)C(C)C1(C)C. The molecule has 0 heterocycles. The monoisotopic (exact) mass is 268 g/mol. The van der Waals surface area contributed by atoms with Crippen LogP contribution < -0.4 is 11.1 Å². The number of nitrogens with one attached hydrogen (secondary N) is 1. The van der Waals surface area contributed by atoms with Crippen LogP contribution in [0.15, 0.2) is 0 Å². The second-order valence-corrected chi connectivity index (χ2v) is 7.16. The molecule has 0 saturated heterocycles. The van der Waals surface area contributed by atoms with Gasteiger partial charge in [0.15, 0.2) is 0 Å². The van der Waals surface area contributed by atoms with Gasteiger partial charge in [-0.05, 0) is 43.9 Å². The zero-order valence-corrected chi connectivity index (χ0v) is 13.5. The van der Waals surface area contributed by atoms with Crippen molar-refractivity contribution < 1.29 is 4.79 Å². The summed E-state index contributed by atoms with van der Waals surface area (Å²) in [5, 5.41) is 3.27. The first-order valence-corrected chi connectivity index (χ1v) is 7.75. The van der Waals surface area contributed by atoms with Crippen molar-refractivity contribution in [2.45, 2.75) is 78.8 Å². The molecule has 3 nitrogen and oxygen atoms in total. The van der Waals surface area contributed by atoms with Crippen LogP contribution in [0.3, 0.4) is 0 Å². The van der Waals surface area contributed by atoms with E-state index in [4.69, 9.17) is 5.73 Å². The minimum atomic E-state index is -0.0734. The van der Waals surface area contributed by atoms with Crippen LogP contribution in [0.1, 0.15) is 67.2 Å². The third kappa shape index (κ3) is 3.31. The van der Waals surface area contributed by atoms with Crippen molar-refractivity contribution in [1.82, 2.24) is 5.32 Å². The number of amides is 1. The molecular formula is C16H32N2O. The Hall–Kier alpha value is -0.570. The van der Waals surface area contributed by atoms with Crippen molar-refractivity contribution in [3.05, 3.63) is 0 Å². The van der Waals surface area contributed by atoms with E-state index in [2.05, 4.69) is 46.9 Å². The first kappa shape index (κ1) is 16.5. The van der Waals surface area contributed by atoms with Crippen LogP contribution >= 0.6 is 0 Å². The molecule has 1 fully saturated rings. The fraction of sp³-hybridized carbons (Fsp3) is 0.938. The molecule has 3 atom stereocenters. The normalized spacial score (nSPS) is 31.0. The van der Waals surface area contributed by atoms with Crippen LogP contribution in [-0.4, -0.2) is 17.5 Å². The zero-order chi connectivity index (χ0) is 14.8. The molecule has 1 aliphatic rings. The lowest BCUT2D eigenvalue weighted by Crippen LogP contribution is -2.55. The molecule has 0 spiro atoms. The highest BCUT2D eigenvalue weighted by atomic mass is 16.2. The van der Waals surface area contributed by atoms with Crippen molar-refractivity contribution in [2.75, 3.05) is 0 Å². The summed E-state index contributed by atoms with van der Waals surface area (Å²) in [6.07, 6.45) is 3.81. The molecule has 1 saturated carbocycles. The molecule has 3 unspecified atom stereocenters. The topological polar surface area (TPSA) is 55.1 Å². The highest BCUT2D eigenvalue weighted by molar-refractivity contribution is 5.80. The van der Waals surface area contributed by atoms with Crippen LogP contribution in [0.25, 0.3) is 0 Å². The van der Waals surface area contributed by atoms with Crippen LogP contribution in [0.2, 0.25) is 0 Å². The van der Waals surface area contributed by atoms with E-state index in [-0.39, 0.29) is 28.8 Å². The summed E-state index contributed by atoms with van der Waals surface area (Å²) in [6, 6.07) is 0.225. The number of carbonyl (C=O) groups is 1. The van der Waals surface area contributed by atoms with Gasteiger partial charge in [0.25, 0.3) is 0 Å². The van der Waals surface area contributed by atoms with Gasteiger partial charge in [-0.1, -0.05) is 34.6 Å². The van der Waals surface area contributed by atoms with E-state index in [1.54, 1.807) is 0 Å². The molecule has 0 aromatic rings. The first-order valence-electron chi connectivity index (χ1n) is 7.75. The summed E-state index contributed by atoms with van der Waals surface area (Å²) in [5.41, 5.74) is 6.07. The van der Waals surface area contributed by atoms with Crippen molar-refractivity contribution in [3.63, 3.8) is 0 Å². The molecule has 0 aromatic heterocycles. The van der Waals surface area contributed by atoms with Gasteiger partial charge in [0.05, 0.1) is 0 Å². The number of carbonyl (C=O) groups excluding carboxylic acids is 1. The molecule has 19 heavy (non-hydrogen) atoms. The Morgan fingerprint density at radius 3 is 2.32 bits per heavy atom. The van der Waals surface area contributed by atoms with Gasteiger partial charge in [-0.2, -0.15) is 0 Å². The number of nitrogens with two attached hydrogens (primary N) is 1. The second kappa shape index (κ2) is 5.82. The van der Waals surface area contributed by atoms with Crippen LogP contribution in [0.5, 0.6) is 0 Å². The van der Waals surface area contributed by atoms with Crippen molar-refractivity contribution in [1.29, 1.82) is 0 Å². The minimum Gasteiger partial charge on any atom is -0.351 e. The van der Waals surface area contributed by atoms with Crippen LogP contribution in [0.4, 0.5) is 0 Å². The van der Waals surface area contributed by atoms with E-state index < -0.39 is 0 Å². The van der Waals surface area contributed by atoms with Crippen LogP contribution in [-0.2, 0) is 4.79 Å². The second-order valence-electron chi connectivity index (χ2n) is 7.16. The molecule has 0 aliphatic heterocycles. The third-order valence-corrected chi connectivity index (χ3v) is 5.80. The lowest BCUT2D eigenvalue weighted by Gasteiger charge is -2.47. The highest BCUT2D eigenvalue weighted by Gasteiger charge is 2.45. The van der Waals surface area contributed by atoms with Crippen molar-refractivity contribution in [3.8, 4) is 0 Å². The molecule has 0 radical (unpaired) electrons. The maximum Gasteiger partial charge on any atom is 0.224 e. The zero-order valence-electron chi connectivity index (χ0n) is 13.5. The summed E-state index contributed by atoms with van der Waals surface area (Å²) in [5.74, 6) is 0.682. The molecule has 0 aromatic carbocycles. The van der Waals surface area contributed by atoms with Gasteiger partial charge in [0.1, 0.15) is 0 Å². The predicted octanol–water partition coefficient (Wildman–Crippen LogP) is 3.08. The highest BCUT2D eigenvalue weighted by Crippen LogP contribution is 2.44. The Morgan fingerprint density at radius 1 is 1.32 bits per heavy atom. The summed E-state index contributed by atoms with van der Waals surface area (Å²) in [7, 11) is 0. The molecule has 1 amide bonds. The van der Waals surface area contributed by atoms with E-state index in [9.17, 15) is 4.79 Å². The Balaban J connectivity index is 2.82. The largest absolute Gasteiger partial charge is 0.351 e. The minimum absolute atomic E-state index is 0.0237. The van der Waals surface area contributed by atoms with Gasteiger partial charge in [0.2, 0.25) is 5.91 Å². The van der Waals surface area contributed by atoms with E-state index >= 15 is 0 Å². The number of rotatable bonds is 4. The summed E-state index contributed by atoms with van der Waals surface area (Å²) in [4.78, 5) is 12.6. The maximum atomic E-state index is 12.6. The summed E-state index contributed by atoms with van der Waals surface area (Å²) < 4.78 is 0. The van der Waals surface area contributed by atoms with Gasteiger partial charge in [-0.3, -0.25) is 4.79 Å². The molecule has 3 heteroatoms. The molecule has 0 bridgehead atoms. The fourth-order valence-electron chi connectivity index (χ4n) is 3.13.